The van der Waals surface area contributed by atoms with Gasteiger partial charge in [-0.2, -0.15) is 0 Å². The van der Waals surface area contributed by atoms with Crippen LogP contribution in [0.25, 0.3) is 21.3 Å². The second kappa shape index (κ2) is 6.03. The molecule has 0 saturated carbocycles. The minimum atomic E-state index is -1.14. The molecule has 3 rings (SSSR count). The summed E-state index contributed by atoms with van der Waals surface area (Å²) in [4.78, 5) is 22.0. The van der Waals surface area contributed by atoms with E-state index in [9.17, 15) is 9.90 Å². The quantitative estimate of drug-likeness (QED) is 0.710. The molecule has 2 aromatic heterocycles. The van der Waals surface area contributed by atoms with Crippen molar-refractivity contribution < 1.29 is 9.90 Å². The van der Waals surface area contributed by atoms with Gasteiger partial charge in [0.25, 0.3) is 0 Å². The molecule has 1 aromatic carbocycles. The molecule has 0 saturated heterocycles. The number of aryl methyl sites for hydroxylation is 1. The van der Waals surface area contributed by atoms with E-state index >= 15 is 0 Å². The van der Waals surface area contributed by atoms with E-state index in [0.717, 1.165) is 26.2 Å². The van der Waals surface area contributed by atoms with Gasteiger partial charge in [0.2, 0.25) is 0 Å². The Morgan fingerprint density at radius 2 is 1.92 bits per heavy atom. The first kappa shape index (κ1) is 16.7. The summed E-state index contributed by atoms with van der Waals surface area (Å²) in [6, 6.07) is 7.54. The molecule has 5 nitrogen and oxygen atoms in total. The van der Waals surface area contributed by atoms with Gasteiger partial charge in [-0.05, 0) is 38.5 Å². The number of nitrogens with one attached hydrogen (secondary N) is 1. The fourth-order valence-electron chi connectivity index (χ4n) is 2.45. The lowest BCUT2D eigenvalue weighted by Crippen LogP contribution is -2.40. The van der Waals surface area contributed by atoms with Crippen LogP contribution >= 0.6 is 22.9 Å². The lowest BCUT2D eigenvalue weighted by molar-refractivity contribution is -0.141. The highest BCUT2D eigenvalue weighted by Gasteiger charge is 2.29. The van der Waals surface area contributed by atoms with E-state index in [1.165, 1.54) is 6.33 Å². The van der Waals surface area contributed by atoms with Gasteiger partial charge in [0.1, 0.15) is 22.5 Å². The fraction of sp³-hybridized carbons (Fsp3) is 0.235. The zero-order valence-corrected chi connectivity index (χ0v) is 15.0. The third kappa shape index (κ3) is 2.95. The zero-order valence-electron chi connectivity index (χ0n) is 13.4. The molecule has 7 heteroatoms. The van der Waals surface area contributed by atoms with Crippen LogP contribution in [0.1, 0.15) is 18.7 Å². The maximum atomic E-state index is 11.4. The lowest BCUT2D eigenvalue weighted by atomic mass is 10.0. The minimum Gasteiger partial charge on any atom is -0.480 e. The van der Waals surface area contributed by atoms with E-state index in [4.69, 9.17) is 11.6 Å². The Balaban J connectivity index is 2.22. The molecule has 0 bridgehead atoms. The Kier molecular flexibility index (Phi) is 4.19. The van der Waals surface area contributed by atoms with Crippen LogP contribution in [-0.2, 0) is 4.79 Å². The molecule has 24 heavy (non-hydrogen) atoms. The number of nitrogens with zero attached hydrogens (tertiary/aromatic N) is 2. The molecule has 0 atom stereocenters. The van der Waals surface area contributed by atoms with Gasteiger partial charge < -0.3 is 10.4 Å². The Morgan fingerprint density at radius 1 is 1.25 bits per heavy atom. The van der Waals surface area contributed by atoms with Crippen LogP contribution < -0.4 is 5.32 Å². The number of halogens is 1. The van der Waals surface area contributed by atoms with Crippen molar-refractivity contribution in [2.45, 2.75) is 26.3 Å². The van der Waals surface area contributed by atoms with Crippen molar-refractivity contribution in [2.75, 3.05) is 5.32 Å². The van der Waals surface area contributed by atoms with Crippen molar-refractivity contribution in [3.05, 3.63) is 40.5 Å². The van der Waals surface area contributed by atoms with Crippen molar-refractivity contribution in [3.63, 3.8) is 0 Å². The molecule has 0 aliphatic heterocycles. The minimum absolute atomic E-state index is 0.515. The summed E-state index contributed by atoms with van der Waals surface area (Å²) in [6.45, 7) is 5.22. The van der Waals surface area contributed by atoms with Gasteiger partial charge in [-0.3, -0.25) is 0 Å². The van der Waals surface area contributed by atoms with Gasteiger partial charge in [0.05, 0.1) is 5.39 Å². The molecule has 0 radical (unpaired) electrons. The highest BCUT2D eigenvalue weighted by molar-refractivity contribution is 7.19. The maximum absolute atomic E-state index is 11.4. The van der Waals surface area contributed by atoms with Gasteiger partial charge in [0, 0.05) is 15.5 Å². The molecule has 0 aliphatic rings. The Morgan fingerprint density at radius 3 is 2.54 bits per heavy atom. The Hall–Kier alpha value is -2.18. The van der Waals surface area contributed by atoms with Gasteiger partial charge in [-0.25, -0.2) is 14.8 Å². The summed E-state index contributed by atoms with van der Waals surface area (Å²) in [5.74, 6) is -0.434. The van der Waals surface area contributed by atoms with E-state index in [0.29, 0.717) is 10.8 Å². The average Bonchev–Trinajstić information content (AvgIpc) is 2.85. The second-order valence-electron chi connectivity index (χ2n) is 6.00. The molecule has 0 fully saturated rings. The molecule has 0 unspecified atom stereocenters. The number of thiophene rings is 1. The van der Waals surface area contributed by atoms with Gasteiger partial charge in [-0.1, -0.05) is 23.7 Å². The van der Waals surface area contributed by atoms with E-state index in [1.54, 1.807) is 25.2 Å². The second-order valence-corrected chi connectivity index (χ2v) is 7.64. The predicted molar refractivity (Wildman–Crippen MR) is 97.9 cm³/mol. The lowest BCUT2D eigenvalue weighted by Gasteiger charge is -2.22. The monoisotopic (exact) mass is 361 g/mol. The summed E-state index contributed by atoms with van der Waals surface area (Å²) < 4.78 is 0. The first-order chi connectivity index (χ1) is 11.3. The highest BCUT2D eigenvalue weighted by atomic mass is 35.5. The number of fused-ring (bicyclic) bond motifs is 1. The van der Waals surface area contributed by atoms with E-state index in [1.807, 2.05) is 31.2 Å². The van der Waals surface area contributed by atoms with Crippen LogP contribution in [0.2, 0.25) is 5.02 Å². The number of carboxylic acids is 1. The topological polar surface area (TPSA) is 75.1 Å². The third-order valence-electron chi connectivity index (χ3n) is 3.76. The van der Waals surface area contributed by atoms with Crippen molar-refractivity contribution in [2.24, 2.45) is 0 Å². The number of hydrogen-bond acceptors (Lipinski definition) is 5. The van der Waals surface area contributed by atoms with Crippen LogP contribution in [0.4, 0.5) is 5.82 Å². The number of rotatable bonds is 4. The fourth-order valence-corrected chi connectivity index (χ4v) is 3.59. The average molecular weight is 362 g/mol. The number of benzene rings is 1. The predicted octanol–water partition coefficient (Wildman–Crippen LogP) is 4.60. The first-order valence-electron chi connectivity index (χ1n) is 7.31. The van der Waals surface area contributed by atoms with Gasteiger partial charge >= 0.3 is 5.97 Å². The normalized spacial score (nSPS) is 11.7. The molecule has 0 spiro atoms. The van der Waals surface area contributed by atoms with Gasteiger partial charge in [0.15, 0.2) is 0 Å². The summed E-state index contributed by atoms with van der Waals surface area (Å²) >= 11 is 7.54. The smallest absolute Gasteiger partial charge is 0.328 e. The highest BCUT2D eigenvalue weighted by Crippen LogP contribution is 2.41. The number of hydrogen-bond donors (Lipinski definition) is 2. The summed E-state index contributed by atoms with van der Waals surface area (Å²) in [5.41, 5.74) is 0.846. The molecule has 2 N–H and O–H groups in total. The molecule has 0 aliphatic carbocycles. The summed E-state index contributed by atoms with van der Waals surface area (Å²) in [5, 5.41) is 13.9. The number of carboxylic acid groups (broad SMARTS) is 1. The van der Waals surface area contributed by atoms with Crippen LogP contribution in [0.15, 0.2) is 30.6 Å². The molecule has 2 heterocycles. The van der Waals surface area contributed by atoms with Crippen LogP contribution in [0.3, 0.4) is 0 Å². The summed E-state index contributed by atoms with van der Waals surface area (Å²) in [7, 11) is 0. The Bertz CT molecular complexity index is 919. The largest absolute Gasteiger partial charge is 0.480 e. The van der Waals surface area contributed by atoms with Crippen LogP contribution in [0.5, 0.6) is 0 Å². The van der Waals surface area contributed by atoms with Crippen LogP contribution in [0, 0.1) is 6.92 Å². The number of aromatic nitrogens is 2. The molecule has 124 valence electrons. The molecular weight excluding hydrogens is 346 g/mol. The van der Waals surface area contributed by atoms with E-state index in [2.05, 4.69) is 15.3 Å². The Labute approximate surface area is 148 Å². The maximum Gasteiger partial charge on any atom is 0.328 e. The van der Waals surface area contributed by atoms with Crippen molar-refractivity contribution in [3.8, 4) is 11.1 Å². The van der Waals surface area contributed by atoms with Crippen molar-refractivity contribution in [1.29, 1.82) is 0 Å². The number of anilines is 1. The van der Waals surface area contributed by atoms with E-state index < -0.39 is 11.5 Å². The third-order valence-corrected chi connectivity index (χ3v) is 5.03. The SMILES string of the molecule is Cc1sc2ncnc(NC(C)(C)C(=O)O)c2c1-c1ccc(Cl)cc1. The first-order valence-corrected chi connectivity index (χ1v) is 8.50. The standard InChI is InChI=1S/C17H16ClN3O2S/c1-9-12(10-4-6-11(18)7-5-10)13-14(19-8-20-15(13)24-9)21-17(2,3)16(22)23/h4-8H,1-3H3,(H,22,23)(H,19,20,21). The van der Waals surface area contributed by atoms with Gasteiger partial charge in [-0.15, -0.1) is 11.3 Å². The van der Waals surface area contributed by atoms with Crippen LogP contribution in [-0.4, -0.2) is 26.6 Å². The number of carbonyl (C=O) groups is 1. The number of aliphatic carboxylic acids is 1. The molecule has 3 aromatic rings. The van der Waals surface area contributed by atoms with Crippen molar-refractivity contribution in [1.82, 2.24) is 9.97 Å². The van der Waals surface area contributed by atoms with E-state index in [-0.39, 0.29) is 0 Å². The summed E-state index contributed by atoms with van der Waals surface area (Å²) in [6.07, 6.45) is 1.45. The van der Waals surface area contributed by atoms with Crippen molar-refractivity contribution >= 4 is 44.9 Å². The molecule has 0 amide bonds. The molecular formula is C17H16ClN3O2S. The zero-order chi connectivity index (χ0) is 17.5.